The molecule has 0 atom stereocenters. The molecular weight excluding hydrogens is 456 g/mol. The van der Waals surface area contributed by atoms with E-state index in [9.17, 15) is 0 Å². The zero-order chi connectivity index (χ0) is 20.5. The normalized spacial score (nSPS) is 17.7. The van der Waals surface area contributed by atoms with Crippen LogP contribution < -0.4 is 4.90 Å². The average Bonchev–Trinajstić information content (AvgIpc) is 3.17. The summed E-state index contributed by atoms with van der Waals surface area (Å²) in [4.78, 5) is 17.8. The Morgan fingerprint density at radius 1 is 1.00 bits per heavy atom. The number of thiophene rings is 1. The number of halogens is 1. The van der Waals surface area contributed by atoms with Gasteiger partial charge in [0, 0.05) is 35.5 Å². The molecule has 2 aliphatic rings. The minimum Gasteiger partial charge on any atom is -0.353 e. The number of hydrogen-bond acceptors (Lipinski definition) is 5. The molecule has 0 spiro atoms. The SMILES string of the molecule is CCN1CCN(c2nc(/C=C/c3ccc(Br)cc3)nc3sc4c(c23)CCCC4)CC1. The van der Waals surface area contributed by atoms with Crippen LogP contribution in [0.5, 0.6) is 0 Å². The summed E-state index contributed by atoms with van der Waals surface area (Å²) < 4.78 is 1.09. The zero-order valence-corrected chi connectivity index (χ0v) is 19.8. The summed E-state index contributed by atoms with van der Waals surface area (Å²) >= 11 is 5.40. The van der Waals surface area contributed by atoms with E-state index in [0.29, 0.717) is 0 Å². The molecule has 1 aliphatic heterocycles. The number of benzene rings is 1. The molecule has 30 heavy (non-hydrogen) atoms. The van der Waals surface area contributed by atoms with Crippen LogP contribution in [0.1, 0.15) is 41.6 Å². The van der Waals surface area contributed by atoms with Gasteiger partial charge < -0.3 is 9.80 Å². The predicted molar refractivity (Wildman–Crippen MR) is 131 cm³/mol. The molecule has 0 N–H and O–H groups in total. The minimum absolute atomic E-state index is 0.817. The summed E-state index contributed by atoms with van der Waals surface area (Å²) in [5.74, 6) is 1.97. The summed E-state index contributed by atoms with van der Waals surface area (Å²) in [6.45, 7) is 7.68. The van der Waals surface area contributed by atoms with Crippen molar-refractivity contribution in [2.75, 3.05) is 37.6 Å². The van der Waals surface area contributed by atoms with Crippen LogP contribution in [0, 0.1) is 0 Å². The third-order valence-corrected chi connectivity index (χ3v) is 7.94. The highest BCUT2D eigenvalue weighted by Crippen LogP contribution is 2.40. The van der Waals surface area contributed by atoms with Crippen LogP contribution in [0.2, 0.25) is 0 Å². The van der Waals surface area contributed by atoms with E-state index >= 15 is 0 Å². The molecule has 0 saturated carbocycles. The van der Waals surface area contributed by atoms with E-state index < -0.39 is 0 Å². The molecule has 2 aromatic heterocycles. The first-order valence-electron chi connectivity index (χ1n) is 10.9. The molecule has 3 aromatic rings. The lowest BCUT2D eigenvalue weighted by atomic mass is 9.97. The monoisotopic (exact) mass is 482 g/mol. The van der Waals surface area contributed by atoms with Gasteiger partial charge in [-0.15, -0.1) is 11.3 Å². The van der Waals surface area contributed by atoms with Gasteiger partial charge >= 0.3 is 0 Å². The van der Waals surface area contributed by atoms with Crippen molar-refractivity contribution in [3.05, 3.63) is 50.6 Å². The van der Waals surface area contributed by atoms with Crippen LogP contribution in [-0.4, -0.2) is 47.6 Å². The predicted octanol–water partition coefficient (Wildman–Crippen LogP) is 5.64. The summed E-state index contributed by atoms with van der Waals surface area (Å²) in [5.41, 5.74) is 2.68. The van der Waals surface area contributed by atoms with Crippen LogP contribution >= 0.6 is 27.3 Å². The lowest BCUT2D eigenvalue weighted by Gasteiger charge is -2.35. The van der Waals surface area contributed by atoms with Crippen LogP contribution in [0.15, 0.2) is 28.7 Å². The smallest absolute Gasteiger partial charge is 0.155 e. The van der Waals surface area contributed by atoms with Crippen molar-refractivity contribution in [1.29, 1.82) is 0 Å². The van der Waals surface area contributed by atoms with Crippen LogP contribution in [0.25, 0.3) is 22.4 Å². The quantitative estimate of drug-likeness (QED) is 0.481. The third-order valence-electron chi connectivity index (χ3n) is 6.23. The maximum atomic E-state index is 5.10. The highest BCUT2D eigenvalue weighted by atomic mass is 79.9. The second kappa shape index (κ2) is 8.77. The third kappa shape index (κ3) is 4.05. The van der Waals surface area contributed by atoms with Crippen molar-refractivity contribution >= 4 is 55.5 Å². The molecule has 1 fully saturated rings. The van der Waals surface area contributed by atoms with Crippen LogP contribution in [-0.2, 0) is 12.8 Å². The van der Waals surface area contributed by atoms with Gasteiger partial charge in [-0.3, -0.25) is 0 Å². The van der Waals surface area contributed by atoms with Crippen LogP contribution in [0.3, 0.4) is 0 Å². The van der Waals surface area contributed by atoms with Gasteiger partial charge in [0.25, 0.3) is 0 Å². The Morgan fingerprint density at radius 3 is 2.53 bits per heavy atom. The molecule has 5 rings (SSSR count). The van der Waals surface area contributed by atoms with E-state index in [1.54, 1.807) is 0 Å². The van der Waals surface area contributed by atoms with Gasteiger partial charge in [-0.2, -0.15) is 0 Å². The van der Waals surface area contributed by atoms with Gasteiger partial charge in [-0.25, -0.2) is 9.97 Å². The van der Waals surface area contributed by atoms with Crippen LogP contribution in [0.4, 0.5) is 5.82 Å². The topological polar surface area (TPSA) is 32.3 Å². The van der Waals surface area contributed by atoms with Crippen molar-refractivity contribution in [3.63, 3.8) is 0 Å². The van der Waals surface area contributed by atoms with E-state index in [0.717, 1.165) is 54.4 Å². The molecule has 0 radical (unpaired) electrons. The fourth-order valence-corrected chi connectivity index (χ4v) is 6.01. The highest BCUT2D eigenvalue weighted by molar-refractivity contribution is 9.10. The van der Waals surface area contributed by atoms with Gasteiger partial charge in [0.15, 0.2) is 5.82 Å². The Labute approximate surface area is 190 Å². The number of rotatable bonds is 4. The number of anilines is 1. The number of fused-ring (bicyclic) bond motifs is 3. The Bertz CT molecular complexity index is 1060. The molecule has 1 saturated heterocycles. The summed E-state index contributed by atoms with van der Waals surface area (Å²) in [6.07, 6.45) is 9.13. The van der Waals surface area contributed by atoms with E-state index in [2.05, 4.69) is 69.1 Å². The van der Waals surface area contributed by atoms with Gasteiger partial charge in [0.2, 0.25) is 0 Å². The van der Waals surface area contributed by atoms with E-state index in [4.69, 9.17) is 9.97 Å². The lowest BCUT2D eigenvalue weighted by Crippen LogP contribution is -2.46. The molecule has 4 nitrogen and oxygen atoms in total. The highest BCUT2D eigenvalue weighted by Gasteiger charge is 2.25. The first kappa shape index (κ1) is 20.2. The van der Waals surface area contributed by atoms with E-state index in [-0.39, 0.29) is 0 Å². The molecule has 1 aliphatic carbocycles. The summed E-state index contributed by atoms with van der Waals surface area (Å²) in [5, 5.41) is 1.33. The Morgan fingerprint density at radius 2 is 1.77 bits per heavy atom. The Kier molecular flexibility index (Phi) is 5.89. The zero-order valence-electron chi connectivity index (χ0n) is 17.4. The summed E-state index contributed by atoms with van der Waals surface area (Å²) in [6, 6.07) is 8.34. The van der Waals surface area contributed by atoms with Gasteiger partial charge in [0.05, 0.1) is 5.39 Å². The van der Waals surface area contributed by atoms with E-state index in [1.807, 2.05) is 11.3 Å². The largest absolute Gasteiger partial charge is 0.353 e. The standard InChI is InChI=1S/C24H27BrN4S/c1-2-28-13-15-29(16-14-28)23-22-19-5-3-4-6-20(19)30-24(22)27-21(26-23)12-9-17-7-10-18(25)11-8-17/h7-12H,2-6,13-16H2,1H3/b12-9+. The van der Waals surface area contributed by atoms with Crippen molar-refractivity contribution < 1.29 is 0 Å². The minimum atomic E-state index is 0.817. The molecule has 6 heteroatoms. The molecule has 3 heterocycles. The number of nitrogens with zero attached hydrogens (tertiary/aromatic N) is 4. The van der Waals surface area contributed by atoms with Crippen molar-refractivity contribution in [2.24, 2.45) is 0 Å². The van der Waals surface area contributed by atoms with Gasteiger partial charge in [-0.05, 0) is 61.6 Å². The molecule has 1 aromatic carbocycles. The van der Waals surface area contributed by atoms with E-state index in [1.165, 1.54) is 46.3 Å². The van der Waals surface area contributed by atoms with Gasteiger partial charge in [0.1, 0.15) is 10.6 Å². The number of piperazine rings is 1. The maximum absolute atomic E-state index is 5.10. The van der Waals surface area contributed by atoms with Gasteiger partial charge in [-0.1, -0.05) is 41.1 Å². The molecule has 0 bridgehead atoms. The number of hydrogen-bond donors (Lipinski definition) is 0. The fraction of sp³-hybridized carbons (Fsp3) is 0.417. The Hall–Kier alpha value is -1.76. The average molecular weight is 483 g/mol. The first-order valence-corrected chi connectivity index (χ1v) is 12.6. The van der Waals surface area contributed by atoms with Crippen molar-refractivity contribution in [2.45, 2.75) is 32.6 Å². The van der Waals surface area contributed by atoms with Crippen molar-refractivity contribution in [3.8, 4) is 0 Å². The molecular formula is C24H27BrN4S. The lowest BCUT2D eigenvalue weighted by molar-refractivity contribution is 0.270. The number of aromatic nitrogens is 2. The fourth-order valence-electron chi connectivity index (χ4n) is 4.48. The Balaban J connectivity index is 1.55. The summed E-state index contributed by atoms with van der Waals surface area (Å²) in [7, 11) is 0. The molecule has 156 valence electrons. The number of aryl methyl sites for hydroxylation is 2. The first-order chi connectivity index (χ1) is 14.7. The molecule has 0 unspecified atom stereocenters. The second-order valence-corrected chi connectivity index (χ2v) is 10.1. The molecule has 0 amide bonds. The van der Waals surface area contributed by atoms with Crippen molar-refractivity contribution in [1.82, 2.24) is 14.9 Å². The second-order valence-electron chi connectivity index (χ2n) is 8.10. The maximum Gasteiger partial charge on any atom is 0.155 e. The number of likely N-dealkylation sites (N-methyl/N-ethyl adjacent to an activating group) is 1.